The summed E-state index contributed by atoms with van der Waals surface area (Å²) in [5.41, 5.74) is 2.64. The van der Waals surface area contributed by atoms with Gasteiger partial charge in [-0.05, 0) is 47.5 Å². The molecule has 0 spiro atoms. The van der Waals surface area contributed by atoms with Crippen LogP contribution in [0.2, 0.25) is 0 Å². The van der Waals surface area contributed by atoms with Gasteiger partial charge in [0, 0.05) is 12.0 Å². The summed E-state index contributed by atoms with van der Waals surface area (Å²) in [6.07, 6.45) is 4.15. The third-order valence-corrected chi connectivity index (χ3v) is 3.29. The standard InChI is InChI=1S/C17H14O3/c18-15-5-1-12(2-6-15)3-7-16(19)13-4-8-17-14(11-13)9-10-20-17/h1-8,11,18H,9-10H2/b7-3+. The molecule has 0 fully saturated rings. The van der Waals surface area contributed by atoms with Crippen LogP contribution in [0.4, 0.5) is 0 Å². The predicted molar refractivity (Wildman–Crippen MR) is 77.1 cm³/mol. The van der Waals surface area contributed by atoms with E-state index < -0.39 is 0 Å². The summed E-state index contributed by atoms with van der Waals surface area (Å²) in [4.78, 5) is 12.1. The van der Waals surface area contributed by atoms with Gasteiger partial charge in [0.1, 0.15) is 11.5 Å². The molecule has 1 heterocycles. The second-order valence-corrected chi connectivity index (χ2v) is 4.71. The van der Waals surface area contributed by atoms with Crippen molar-refractivity contribution < 1.29 is 14.6 Å². The van der Waals surface area contributed by atoms with Crippen LogP contribution in [0.25, 0.3) is 6.08 Å². The lowest BCUT2D eigenvalue weighted by Gasteiger charge is -2.01. The Morgan fingerprint density at radius 2 is 1.95 bits per heavy atom. The first-order chi connectivity index (χ1) is 9.72. The third kappa shape index (κ3) is 2.57. The number of aromatic hydroxyl groups is 1. The number of fused-ring (bicyclic) bond motifs is 1. The summed E-state index contributed by atoms with van der Waals surface area (Å²) in [5, 5.41) is 9.20. The normalized spacial score (nSPS) is 13.2. The van der Waals surface area contributed by atoms with Crippen LogP contribution in [-0.2, 0) is 6.42 Å². The highest BCUT2D eigenvalue weighted by molar-refractivity contribution is 6.07. The second-order valence-electron chi connectivity index (χ2n) is 4.71. The smallest absolute Gasteiger partial charge is 0.185 e. The summed E-state index contributed by atoms with van der Waals surface area (Å²) >= 11 is 0. The average Bonchev–Trinajstić information content (AvgIpc) is 2.93. The summed E-state index contributed by atoms with van der Waals surface area (Å²) < 4.78 is 5.42. The van der Waals surface area contributed by atoms with E-state index in [2.05, 4.69) is 0 Å². The van der Waals surface area contributed by atoms with Crippen molar-refractivity contribution in [3.63, 3.8) is 0 Å². The molecule has 0 saturated carbocycles. The van der Waals surface area contributed by atoms with Crippen LogP contribution in [0.5, 0.6) is 11.5 Å². The van der Waals surface area contributed by atoms with Gasteiger partial charge < -0.3 is 9.84 Å². The van der Waals surface area contributed by atoms with Gasteiger partial charge in [-0.3, -0.25) is 4.79 Å². The number of rotatable bonds is 3. The summed E-state index contributed by atoms with van der Waals surface area (Å²) in [5.74, 6) is 1.06. The van der Waals surface area contributed by atoms with E-state index in [1.54, 1.807) is 42.5 Å². The predicted octanol–water partition coefficient (Wildman–Crippen LogP) is 3.22. The average molecular weight is 266 g/mol. The Balaban J connectivity index is 1.77. The molecule has 2 aromatic rings. The molecule has 3 nitrogen and oxygen atoms in total. The maximum atomic E-state index is 12.1. The number of hydrogen-bond acceptors (Lipinski definition) is 3. The van der Waals surface area contributed by atoms with Crippen molar-refractivity contribution in [1.29, 1.82) is 0 Å². The van der Waals surface area contributed by atoms with E-state index in [1.807, 2.05) is 12.1 Å². The highest BCUT2D eigenvalue weighted by Crippen LogP contribution is 2.26. The molecule has 0 radical (unpaired) electrons. The fourth-order valence-corrected chi connectivity index (χ4v) is 2.19. The number of carbonyl (C=O) groups is 1. The van der Waals surface area contributed by atoms with E-state index >= 15 is 0 Å². The Morgan fingerprint density at radius 1 is 1.15 bits per heavy atom. The third-order valence-electron chi connectivity index (χ3n) is 3.29. The van der Waals surface area contributed by atoms with Gasteiger partial charge in [0.25, 0.3) is 0 Å². The number of phenolic OH excluding ortho intramolecular Hbond substituents is 1. The van der Waals surface area contributed by atoms with Crippen molar-refractivity contribution in [2.24, 2.45) is 0 Å². The number of phenols is 1. The van der Waals surface area contributed by atoms with Crippen molar-refractivity contribution in [2.45, 2.75) is 6.42 Å². The highest BCUT2D eigenvalue weighted by Gasteiger charge is 2.13. The van der Waals surface area contributed by atoms with Crippen LogP contribution in [-0.4, -0.2) is 17.5 Å². The van der Waals surface area contributed by atoms with Crippen LogP contribution < -0.4 is 4.74 Å². The van der Waals surface area contributed by atoms with Crippen LogP contribution in [0, 0.1) is 0 Å². The van der Waals surface area contributed by atoms with Crippen molar-refractivity contribution >= 4 is 11.9 Å². The lowest BCUT2D eigenvalue weighted by molar-refractivity contribution is 0.104. The topological polar surface area (TPSA) is 46.5 Å². The summed E-state index contributed by atoms with van der Waals surface area (Å²) in [6, 6.07) is 12.2. The molecule has 20 heavy (non-hydrogen) atoms. The lowest BCUT2D eigenvalue weighted by Crippen LogP contribution is -1.94. The first-order valence-electron chi connectivity index (χ1n) is 6.49. The van der Waals surface area contributed by atoms with Crippen molar-refractivity contribution in [3.05, 3.63) is 65.2 Å². The molecule has 3 rings (SSSR count). The number of allylic oxidation sites excluding steroid dienone is 1. The summed E-state index contributed by atoms with van der Waals surface area (Å²) in [6.45, 7) is 0.691. The molecule has 0 amide bonds. The molecule has 0 aromatic heterocycles. The minimum absolute atomic E-state index is 0.0345. The van der Waals surface area contributed by atoms with Crippen LogP contribution in [0.1, 0.15) is 21.5 Å². The van der Waals surface area contributed by atoms with E-state index in [-0.39, 0.29) is 11.5 Å². The summed E-state index contributed by atoms with van der Waals surface area (Å²) in [7, 11) is 0. The zero-order valence-electron chi connectivity index (χ0n) is 10.9. The molecule has 0 bridgehead atoms. The molecule has 3 heteroatoms. The number of hydrogen-bond donors (Lipinski definition) is 1. The number of carbonyl (C=O) groups excluding carboxylic acids is 1. The molecular formula is C17H14O3. The van der Waals surface area contributed by atoms with Crippen LogP contribution in [0.3, 0.4) is 0 Å². The van der Waals surface area contributed by atoms with Gasteiger partial charge in [0.2, 0.25) is 0 Å². The van der Waals surface area contributed by atoms with Gasteiger partial charge in [-0.15, -0.1) is 0 Å². The van der Waals surface area contributed by atoms with E-state index in [1.165, 1.54) is 0 Å². The molecule has 0 saturated heterocycles. The first kappa shape index (κ1) is 12.5. The number of ketones is 1. The molecular weight excluding hydrogens is 252 g/mol. The Kier molecular flexibility index (Phi) is 3.25. The second kappa shape index (κ2) is 5.21. The van der Waals surface area contributed by atoms with Crippen molar-refractivity contribution in [2.75, 3.05) is 6.61 Å². The molecule has 1 N–H and O–H groups in total. The van der Waals surface area contributed by atoms with Gasteiger partial charge in [-0.1, -0.05) is 18.2 Å². The SMILES string of the molecule is O=C(/C=C/c1ccc(O)cc1)c1ccc2c(c1)CCO2. The Bertz CT molecular complexity index is 669. The van der Waals surface area contributed by atoms with Gasteiger partial charge in [0.05, 0.1) is 6.61 Å². The largest absolute Gasteiger partial charge is 0.508 e. The van der Waals surface area contributed by atoms with Crippen LogP contribution >= 0.6 is 0 Å². The molecule has 2 aromatic carbocycles. The number of ether oxygens (including phenoxy) is 1. The highest BCUT2D eigenvalue weighted by atomic mass is 16.5. The van der Waals surface area contributed by atoms with Crippen molar-refractivity contribution in [1.82, 2.24) is 0 Å². The number of benzene rings is 2. The minimum atomic E-state index is -0.0345. The molecule has 0 unspecified atom stereocenters. The lowest BCUT2D eigenvalue weighted by atomic mass is 10.0. The Hall–Kier alpha value is -2.55. The Morgan fingerprint density at radius 3 is 2.75 bits per heavy atom. The zero-order chi connectivity index (χ0) is 13.9. The molecule has 0 atom stereocenters. The minimum Gasteiger partial charge on any atom is -0.508 e. The fourth-order valence-electron chi connectivity index (χ4n) is 2.19. The van der Waals surface area contributed by atoms with Gasteiger partial charge in [-0.25, -0.2) is 0 Å². The quantitative estimate of drug-likeness (QED) is 0.685. The van der Waals surface area contributed by atoms with E-state index in [9.17, 15) is 9.90 Å². The van der Waals surface area contributed by atoms with E-state index in [0.29, 0.717) is 12.2 Å². The first-order valence-corrected chi connectivity index (χ1v) is 6.49. The van der Waals surface area contributed by atoms with Gasteiger partial charge in [0.15, 0.2) is 5.78 Å². The molecule has 100 valence electrons. The van der Waals surface area contributed by atoms with E-state index in [4.69, 9.17) is 4.74 Å². The molecule has 1 aliphatic heterocycles. The monoisotopic (exact) mass is 266 g/mol. The van der Waals surface area contributed by atoms with Gasteiger partial charge in [-0.2, -0.15) is 0 Å². The van der Waals surface area contributed by atoms with Crippen molar-refractivity contribution in [3.8, 4) is 11.5 Å². The fraction of sp³-hybridized carbons (Fsp3) is 0.118. The maximum absolute atomic E-state index is 12.1. The van der Waals surface area contributed by atoms with Gasteiger partial charge >= 0.3 is 0 Å². The maximum Gasteiger partial charge on any atom is 0.185 e. The Labute approximate surface area is 117 Å². The molecule has 1 aliphatic rings. The van der Waals surface area contributed by atoms with E-state index in [0.717, 1.165) is 23.3 Å². The zero-order valence-corrected chi connectivity index (χ0v) is 10.9. The van der Waals surface area contributed by atoms with Crippen LogP contribution in [0.15, 0.2) is 48.5 Å². The molecule has 0 aliphatic carbocycles.